The van der Waals surface area contributed by atoms with Crippen LogP contribution in [0.3, 0.4) is 0 Å². The highest BCUT2D eigenvalue weighted by Crippen LogP contribution is 2.34. The van der Waals surface area contributed by atoms with Crippen molar-refractivity contribution < 1.29 is 5.11 Å². The Bertz CT molecular complexity index is 777. The van der Waals surface area contributed by atoms with Gasteiger partial charge in [-0.2, -0.15) is 0 Å². The lowest BCUT2D eigenvalue weighted by Crippen LogP contribution is -2.09. The molecule has 0 aliphatic rings. The van der Waals surface area contributed by atoms with E-state index in [1.807, 2.05) is 12.1 Å². The summed E-state index contributed by atoms with van der Waals surface area (Å²) in [5.74, 6) is 0. The second-order valence-electron chi connectivity index (χ2n) is 5.43. The number of rotatable bonds is 3. The Balaban J connectivity index is 2.26. The number of fused-ring (bicyclic) bond motifs is 1. The van der Waals surface area contributed by atoms with E-state index in [4.69, 9.17) is 0 Å². The molecule has 1 N–H and O–H groups in total. The van der Waals surface area contributed by atoms with Gasteiger partial charge < -0.3 is 10.0 Å². The lowest BCUT2D eigenvalue weighted by molar-refractivity contribution is 0.282. The minimum absolute atomic E-state index is 0.0710. The first kappa shape index (κ1) is 13.7. The molecule has 106 valence electrons. The van der Waals surface area contributed by atoms with Crippen LogP contribution in [0.1, 0.15) is 5.56 Å². The minimum atomic E-state index is 0.0710. The maximum Gasteiger partial charge on any atom is 0.0682 e. The van der Waals surface area contributed by atoms with Gasteiger partial charge in [-0.05, 0) is 34.2 Å². The lowest BCUT2D eigenvalue weighted by Gasteiger charge is -2.18. The van der Waals surface area contributed by atoms with E-state index in [0.29, 0.717) is 0 Å². The van der Waals surface area contributed by atoms with Gasteiger partial charge in [0, 0.05) is 25.2 Å². The van der Waals surface area contributed by atoms with Crippen molar-refractivity contribution in [2.24, 2.45) is 0 Å². The smallest absolute Gasteiger partial charge is 0.0682 e. The summed E-state index contributed by atoms with van der Waals surface area (Å²) in [6.07, 6.45) is 0. The molecule has 2 nitrogen and oxygen atoms in total. The third kappa shape index (κ3) is 2.50. The molecule has 0 aliphatic carbocycles. The van der Waals surface area contributed by atoms with E-state index in [9.17, 15) is 5.11 Å². The molecule has 0 radical (unpaired) electrons. The standard InChI is InChI=1S/C19H19NO/c1-20(2)19-11-10-16(17-8-3-4-9-18(17)19)15-7-5-6-14(12-15)13-21/h3-12,21H,13H2,1-2H3. The molecule has 0 fully saturated rings. The van der Waals surface area contributed by atoms with Gasteiger partial charge in [-0.15, -0.1) is 0 Å². The number of aliphatic hydroxyl groups excluding tert-OH is 1. The van der Waals surface area contributed by atoms with Crippen LogP contribution in [0.5, 0.6) is 0 Å². The SMILES string of the molecule is CN(C)c1ccc(-c2cccc(CO)c2)c2ccccc12. The molecular formula is C19H19NO. The summed E-state index contributed by atoms with van der Waals surface area (Å²) in [7, 11) is 4.13. The number of aliphatic hydroxyl groups is 1. The number of hydrogen-bond donors (Lipinski definition) is 1. The zero-order valence-electron chi connectivity index (χ0n) is 12.4. The van der Waals surface area contributed by atoms with Crippen molar-refractivity contribution in [3.8, 4) is 11.1 Å². The largest absolute Gasteiger partial charge is 0.392 e. The van der Waals surface area contributed by atoms with E-state index in [1.165, 1.54) is 22.0 Å². The molecule has 0 heterocycles. The second kappa shape index (κ2) is 5.58. The molecule has 0 saturated carbocycles. The fraction of sp³-hybridized carbons (Fsp3) is 0.158. The molecule has 0 bridgehead atoms. The van der Waals surface area contributed by atoms with Gasteiger partial charge in [0.25, 0.3) is 0 Å². The first-order valence-electron chi connectivity index (χ1n) is 7.10. The first-order chi connectivity index (χ1) is 10.2. The Morgan fingerprint density at radius 3 is 2.33 bits per heavy atom. The predicted octanol–water partition coefficient (Wildman–Crippen LogP) is 4.07. The zero-order chi connectivity index (χ0) is 14.8. The predicted molar refractivity (Wildman–Crippen MR) is 89.6 cm³/mol. The molecule has 3 rings (SSSR count). The lowest BCUT2D eigenvalue weighted by atomic mass is 9.96. The molecule has 21 heavy (non-hydrogen) atoms. The van der Waals surface area contributed by atoms with Crippen molar-refractivity contribution in [2.45, 2.75) is 6.61 Å². The van der Waals surface area contributed by atoms with Gasteiger partial charge in [-0.25, -0.2) is 0 Å². The van der Waals surface area contributed by atoms with Crippen molar-refractivity contribution >= 4 is 16.5 Å². The number of anilines is 1. The van der Waals surface area contributed by atoms with Crippen LogP contribution in [0.15, 0.2) is 60.7 Å². The summed E-state index contributed by atoms with van der Waals surface area (Å²) < 4.78 is 0. The van der Waals surface area contributed by atoms with Gasteiger partial charge in [0.15, 0.2) is 0 Å². The molecule has 2 heteroatoms. The van der Waals surface area contributed by atoms with Crippen LogP contribution < -0.4 is 4.90 Å². The van der Waals surface area contributed by atoms with E-state index in [1.54, 1.807) is 0 Å². The van der Waals surface area contributed by atoms with Crippen LogP contribution >= 0.6 is 0 Å². The van der Waals surface area contributed by atoms with E-state index in [2.05, 4.69) is 67.5 Å². The van der Waals surface area contributed by atoms with Gasteiger partial charge in [-0.3, -0.25) is 0 Å². The molecule has 3 aromatic rings. The number of benzene rings is 3. The average molecular weight is 277 g/mol. The van der Waals surface area contributed by atoms with Crippen LogP contribution in [-0.4, -0.2) is 19.2 Å². The van der Waals surface area contributed by atoms with Crippen LogP contribution in [0.4, 0.5) is 5.69 Å². The highest BCUT2D eigenvalue weighted by molar-refractivity contribution is 6.03. The highest BCUT2D eigenvalue weighted by atomic mass is 16.3. The van der Waals surface area contributed by atoms with Gasteiger partial charge in [0.1, 0.15) is 0 Å². The summed E-state index contributed by atoms with van der Waals surface area (Å²) in [5.41, 5.74) is 4.50. The van der Waals surface area contributed by atoms with Crippen LogP contribution in [-0.2, 0) is 6.61 Å². The monoisotopic (exact) mass is 277 g/mol. The third-order valence-electron chi connectivity index (χ3n) is 3.80. The van der Waals surface area contributed by atoms with Gasteiger partial charge >= 0.3 is 0 Å². The van der Waals surface area contributed by atoms with Crippen molar-refractivity contribution in [3.63, 3.8) is 0 Å². The normalized spacial score (nSPS) is 10.8. The molecule has 0 spiro atoms. The summed E-state index contributed by atoms with van der Waals surface area (Å²) in [5, 5.41) is 11.8. The molecule has 3 aromatic carbocycles. The van der Waals surface area contributed by atoms with Gasteiger partial charge in [-0.1, -0.05) is 48.5 Å². The molecule has 0 unspecified atom stereocenters. The fourth-order valence-corrected chi connectivity index (χ4v) is 2.76. The molecular weight excluding hydrogens is 258 g/mol. The quantitative estimate of drug-likeness (QED) is 0.780. The highest BCUT2D eigenvalue weighted by Gasteiger charge is 2.09. The zero-order valence-corrected chi connectivity index (χ0v) is 12.4. The van der Waals surface area contributed by atoms with Crippen molar-refractivity contribution in [2.75, 3.05) is 19.0 Å². The van der Waals surface area contributed by atoms with Crippen molar-refractivity contribution in [1.82, 2.24) is 0 Å². The second-order valence-corrected chi connectivity index (χ2v) is 5.43. The maximum absolute atomic E-state index is 9.33. The Hall–Kier alpha value is -2.32. The minimum Gasteiger partial charge on any atom is -0.392 e. The molecule has 0 aliphatic heterocycles. The molecule has 0 saturated heterocycles. The van der Waals surface area contributed by atoms with E-state index in [0.717, 1.165) is 11.1 Å². The van der Waals surface area contributed by atoms with Crippen LogP contribution in [0.2, 0.25) is 0 Å². The molecule has 0 aromatic heterocycles. The van der Waals surface area contributed by atoms with Crippen molar-refractivity contribution in [1.29, 1.82) is 0 Å². The number of hydrogen-bond acceptors (Lipinski definition) is 2. The summed E-state index contributed by atoms with van der Waals surface area (Å²) in [6.45, 7) is 0.0710. The van der Waals surface area contributed by atoms with E-state index in [-0.39, 0.29) is 6.61 Å². The summed E-state index contributed by atoms with van der Waals surface area (Å²) in [6, 6.07) is 20.9. The molecule has 0 atom stereocenters. The van der Waals surface area contributed by atoms with Crippen molar-refractivity contribution in [3.05, 3.63) is 66.2 Å². The summed E-state index contributed by atoms with van der Waals surface area (Å²) >= 11 is 0. The number of nitrogens with zero attached hydrogens (tertiary/aromatic N) is 1. The van der Waals surface area contributed by atoms with E-state index < -0.39 is 0 Å². The van der Waals surface area contributed by atoms with E-state index >= 15 is 0 Å². The Kier molecular flexibility index (Phi) is 3.63. The summed E-state index contributed by atoms with van der Waals surface area (Å²) in [4.78, 5) is 2.14. The maximum atomic E-state index is 9.33. The Labute approximate surface area is 125 Å². The Morgan fingerprint density at radius 1 is 0.857 bits per heavy atom. The first-order valence-corrected chi connectivity index (χ1v) is 7.10. The van der Waals surface area contributed by atoms with Crippen LogP contribution in [0, 0.1) is 0 Å². The van der Waals surface area contributed by atoms with Gasteiger partial charge in [0.2, 0.25) is 0 Å². The molecule has 0 amide bonds. The topological polar surface area (TPSA) is 23.5 Å². The third-order valence-corrected chi connectivity index (χ3v) is 3.80. The van der Waals surface area contributed by atoms with Gasteiger partial charge in [0.05, 0.1) is 6.61 Å². The average Bonchev–Trinajstić information content (AvgIpc) is 2.53. The Morgan fingerprint density at radius 2 is 1.62 bits per heavy atom. The fourth-order valence-electron chi connectivity index (χ4n) is 2.76. The van der Waals surface area contributed by atoms with Crippen LogP contribution in [0.25, 0.3) is 21.9 Å².